The normalized spacial score (nSPS) is 13.1. The van der Waals surface area contributed by atoms with Crippen molar-refractivity contribution >= 4 is 7.82 Å². The fourth-order valence-electron chi connectivity index (χ4n) is 2.36. The van der Waals surface area contributed by atoms with Gasteiger partial charge in [-0.2, -0.15) is 0 Å². The number of hydrogen-bond acceptors (Lipinski definition) is 7. The molecule has 8 nitrogen and oxygen atoms in total. The fraction of sp³-hybridized carbons (Fsp3) is 1.00. The van der Waals surface area contributed by atoms with E-state index in [1.165, 1.54) is 0 Å². The summed E-state index contributed by atoms with van der Waals surface area (Å²) in [7, 11) is -4.38. The average Bonchev–Trinajstić information content (AvgIpc) is 2.59. The van der Waals surface area contributed by atoms with Crippen LogP contribution >= 0.6 is 7.82 Å². The highest BCUT2D eigenvalue weighted by molar-refractivity contribution is 7.47. The largest absolute Gasteiger partial charge is 0.473 e. The van der Waals surface area contributed by atoms with Crippen LogP contribution < -0.4 is 0 Å². The van der Waals surface area contributed by atoms with Gasteiger partial charge in [-0.25, -0.2) is 4.57 Å². The molecule has 31 heavy (non-hydrogen) atoms. The third-order valence-electron chi connectivity index (χ3n) is 3.58. The lowest BCUT2D eigenvalue weighted by Gasteiger charge is -2.25. The molecule has 0 bridgehead atoms. The van der Waals surface area contributed by atoms with Gasteiger partial charge < -0.3 is 23.8 Å². The quantitative estimate of drug-likeness (QED) is 0.259. The van der Waals surface area contributed by atoms with E-state index in [-0.39, 0.29) is 26.4 Å². The fourth-order valence-corrected chi connectivity index (χ4v) is 3.41. The molecule has 0 aromatic carbocycles. The second-order valence-corrected chi connectivity index (χ2v) is 11.0. The van der Waals surface area contributed by atoms with Gasteiger partial charge in [-0.05, 0) is 23.7 Å². The minimum Gasteiger partial charge on any atom is -0.378 e. The molecule has 0 aromatic heterocycles. The molecule has 188 valence electrons. The lowest BCUT2D eigenvalue weighted by atomic mass is 10.2. The molecule has 0 aliphatic carbocycles. The van der Waals surface area contributed by atoms with Crippen LogP contribution in [0.1, 0.15) is 55.4 Å². The predicted octanol–water partition coefficient (Wildman–Crippen LogP) is 4.55. The molecule has 0 amide bonds. The molecular weight excluding hydrogens is 423 g/mol. The van der Waals surface area contributed by atoms with Crippen LogP contribution in [0.5, 0.6) is 0 Å². The lowest BCUT2D eigenvalue weighted by molar-refractivity contribution is -0.0560. The van der Waals surface area contributed by atoms with Gasteiger partial charge in [0.2, 0.25) is 0 Å². The van der Waals surface area contributed by atoms with Crippen molar-refractivity contribution in [2.75, 3.05) is 52.9 Å². The van der Waals surface area contributed by atoms with E-state index >= 15 is 0 Å². The predicted molar refractivity (Wildman–Crippen MR) is 122 cm³/mol. The van der Waals surface area contributed by atoms with E-state index in [1.54, 1.807) is 0 Å². The van der Waals surface area contributed by atoms with Crippen LogP contribution in [0, 0.1) is 23.7 Å². The van der Waals surface area contributed by atoms with Gasteiger partial charge in [-0.1, -0.05) is 55.4 Å². The highest BCUT2D eigenvalue weighted by atomic mass is 31.2. The SMILES string of the molecule is CC(C)COCC(COCC(C)C)OP(=O)(O)OC(COCC(C)C)COCC(C)C. The van der Waals surface area contributed by atoms with E-state index in [4.69, 9.17) is 28.0 Å². The molecule has 0 aromatic rings. The molecule has 0 radical (unpaired) electrons. The minimum absolute atomic E-state index is 0.141. The number of phosphoric ester groups is 1. The molecule has 9 heteroatoms. The standard InChI is InChI=1S/C22H47O8P/c1-17(2)9-25-13-21(14-26-10-18(3)4)29-31(23,24)30-22(15-27-11-19(5)6)16-28-12-20(7)8/h17-22H,9-16H2,1-8H3,(H,23,24). The number of ether oxygens (including phenoxy) is 4. The van der Waals surface area contributed by atoms with Gasteiger partial charge in [-0.3, -0.25) is 9.05 Å². The summed E-state index contributed by atoms with van der Waals surface area (Å²) in [5.41, 5.74) is 0. The Morgan fingerprint density at radius 1 is 0.516 bits per heavy atom. The summed E-state index contributed by atoms with van der Waals surface area (Å²) >= 11 is 0. The molecule has 0 heterocycles. The molecule has 0 aliphatic rings. The maximum Gasteiger partial charge on any atom is 0.473 e. The van der Waals surface area contributed by atoms with E-state index in [0.29, 0.717) is 50.1 Å². The van der Waals surface area contributed by atoms with Gasteiger partial charge in [0, 0.05) is 26.4 Å². The maximum absolute atomic E-state index is 12.7. The Balaban J connectivity index is 4.90. The van der Waals surface area contributed by atoms with Crippen LogP contribution in [0.2, 0.25) is 0 Å². The van der Waals surface area contributed by atoms with Crippen molar-refractivity contribution in [2.45, 2.75) is 67.6 Å². The van der Waals surface area contributed by atoms with E-state index in [2.05, 4.69) is 0 Å². The first-order chi connectivity index (χ1) is 14.4. The summed E-state index contributed by atoms with van der Waals surface area (Å²) in [5.74, 6) is 1.37. The molecule has 0 saturated heterocycles. The first-order valence-electron chi connectivity index (χ1n) is 11.4. The van der Waals surface area contributed by atoms with Crippen molar-refractivity contribution in [1.82, 2.24) is 0 Å². The summed E-state index contributed by atoms with van der Waals surface area (Å²) in [4.78, 5) is 10.4. The Bertz CT molecular complexity index is 404. The maximum atomic E-state index is 12.7. The van der Waals surface area contributed by atoms with Crippen LogP contribution in [0.3, 0.4) is 0 Å². The van der Waals surface area contributed by atoms with Gasteiger partial charge >= 0.3 is 7.82 Å². The van der Waals surface area contributed by atoms with Crippen LogP contribution in [0.4, 0.5) is 0 Å². The van der Waals surface area contributed by atoms with Crippen molar-refractivity contribution in [3.05, 3.63) is 0 Å². The third kappa shape index (κ3) is 20.3. The van der Waals surface area contributed by atoms with Crippen molar-refractivity contribution in [3.63, 3.8) is 0 Å². The van der Waals surface area contributed by atoms with Gasteiger partial charge in [0.25, 0.3) is 0 Å². The molecule has 0 rings (SSSR count). The zero-order valence-electron chi connectivity index (χ0n) is 20.9. The Morgan fingerprint density at radius 3 is 0.935 bits per heavy atom. The molecule has 0 fully saturated rings. The number of rotatable bonds is 20. The van der Waals surface area contributed by atoms with Crippen molar-refractivity contribution in [3.8, 4) is 0 Å². The Hall–Kier alpha value is -0.0500. The Labute approximate surface area is 189 Å². The molecule has 0 atom stereocenters. The van der Waals surface area contributed by atoms with Gasteiger partial charge in [-0.15, -0.1) is 0 Å². The van der Waals surface area contributed by atoms with E-state index in [9.17, 15) is 9.46 Å². The molecule has 0 spiro atoms. The molecular formula is C22H47O8P. The van der Waals surface area contributed by atoms with Crippen molar-refractivity contribution < 1.29 is 37.5 Å². The smallest absolute Gasteiger partial charge is 0.378 e. The zero-order valence-corrected chi connectivity index (χ0v) is 21.8. The Morgan fingerprint density at radius 2 is 0.742 bits per heavy atom. The first kappa shape index (κ1) is 30.9. The van der Waals surface area contributed by atoms with Gasteiger partial charge in [0.05, 0.1) is 26.4 Å². The van der Waals surface area contributed by atoms with E-state index < -0.39 is 20.0 Å². The summed E-state index contributed by atoms with van der Waals surface area (Å²) in [6.45, 7) is 18.9. The summed E-state index contributed by atoms with van der Waals surface area (Å²) in [6.07, 6.45) is -1.44. The van der Waals surface area contributed by atoms with Crippen LogP contribution in [0.15, 0.2) is 0 Å². The van der Waals surface area contributed by atoms with E-state index in [0.717, 1.165) is 0 Å². The van der Waals surface area contributed by atoms with Crippen molar-refractivity contribution in [2.24, 2.45) is 23.7 Å². The monoisotopic (exact) mass is 470 g/mol. The first-order valence-corrected chi connectivity index (χ1v) is 12.9. The van der Waals surface area contributed by atoms with E-state index in [1.807, 2.05) is 55.4 Å². The highest BCUT2D eigenvalue weighted by Crippen LogP contribution is 2.46. The third-order valence-corrected chi connectivity index (χ3v) is 4.71. The number of phosphoric acid groups is 1. The molecule has 0 unspecified atom stereocenters. The lowest BCUT2D eigenvalue weighted by Crippen LogP contribution is -2.30. The zero-order chi connectivity index (χ0) is 23.9. The van der Waals surface area contributed by atoms with Crippen molar-refractivity contribution in [1.29, 1.82) is 0 Å². The molecule has 0 aliphatic heterocycles. The minimum atomic E-state index is -4.38. The van der Waals surface area contributed by atoms with Gasteiger partial charge in [0.15, 0.2) is 0 Å². The van der Waals surface area contributed by atoms with Crippen LogP contribution in [0.25, 0.3) is 0 Å². The van der Waals surface area contributed by atoms with Gasteiger partial charge in [0.1, 0.15) is 12.2 Å². The van der Waals surface area contributed by atoms with Crippen LogP contribution in [-0.4, -0.2) is 70.0 Å². The summed E-state index contributed by atoms with van der Waals surface area (Å²) < 4.78 is 46.0. The molecule has 0 saturated carbocycles. The number of hydrogen-bond donors (Lipinski definition) is 1. The average molecular weight is 471 g/mol. The topological polar surface area (TPSA) is 92.7 Å². The molecule has 1 N–H and O–H groups in total. The highest BCUT2D eigenvalue weighted by Gasteiger charge is 2.31. The summed E-state index contributed by atoms with van der Waals surface area (Å²) in [5, 5.41) is 0. The summed E-state index contributed by atoms with van der Waals surface area (Å²) in [6, 6.07) is 0. The van der Waals surface area contributed by atoms with Crippen LogP contribution in [-0.2, 0) is 32.6 Å². The second kappa shape index (κ2) is 17.4. The second-order valence-electron chi connectivity index (χ2n) is 9.65. The Kier molecular flexibility index (Phi) is 17.4.